The molecule has 0 fully saturated rings. The second-order valence-electron chi connectivity index (χ2n) is 3.64. The Morgan fingerprint density at radius 2 is 1.62 bits per heavy atom. The highest BCUT2D eigenvalue weighted by Crippen LogP contribution is 2.23. The lowest BCUT2D eigenvalue weighted by Gasteiger charge is -2.06. The number of methoxy groups -OCH3 is 1. The molecule has 0 radical (unpaired) electrons. The summed E-state index contributed by atoms with van der Waals surface area (Å²) in [5.74, 6) is 2.09. The van der Waals surface area contributed by atoms with E-state index < -0.39 is 0 Å². The second kappa shape index (κ2) is 11.8. The number of aryl methyl sites for hydroxylation is 1. The fourth-order valence-electron chi connectivity index (χ4n) is 1.47. The van der Waals surface area contributed by atoms with Crippen molar-refractivity contribution in [2.45, 2.75) is 41.0 Å². The molecule has 1 aromatic carbocycles. The summed E-state index contributed by atoms with van der Waals surface area (Å²) in [5.41, 5.74) is 1.20. The zero-order valence-electron chi connectivity index (χ0n) is 14.0. The van der Waals surface area contributed by atoms with E-state index in [9.17, 15) is 0 Å². The van der Waals surface area contributed by atoms with E-state index in [-0.39, 0.29) is 0 Å². The Hall–Kier alpha value is -2.03. The highest BCUT2D eigenvalue weighted by atomic mass is 16.5. The fourth-order valence-corrected chi connectivity index (χ4v) is 1.47. The molecule has 0 bridgehead atoms. The molecule has 0 N–H and O–H groups in total. The standard InChI is InChI=1S/C14H15NO2.2C2H6/c1-3-11-7-8-14(15-10-11)17-13-6-4-5-12(9-13)16-2;2*1-2/h4-10H,3H2,1-2H3;2*1-2H3. The molecule has 116 valence electrons. The van der Waals surface area contributed by atoms with Crippen LogP contribution in [0.1, 0.15) is 40.2 Å². The van der Waals surface area contributed by atoms with Crippen LogP contribution in [0.5, 0.6) is 17.4 Å². The van der Waals surface area contributed by atoms with Gasteiger partial charge >= 0.3 is 0 Å². The zero-order chi connectivity index (χ0) is 16.1. The van der Waals surface area contributed by atoms with Gasteiger partial charge in [0.25, 0.3) is 0 Å². The van der Waals surface area contributed by atoms with Crippen LogP contribution in [0.2, 0.25) is 0 Å². The van der Waals surface area contributed by atoms with Gasteiger partial charge in [-0.3, -0.25) is 0 Å². The van der Waals surface area contributed by atoms with Gasteiger partial charge in [0, 0.05) is 18.3 Å². The molecular formula is C18H27NO2. The minimum atomic E-state index is 0.593. The van der Waals surface area contributed by atoms with E-state index in [1.807, 2.05) is 70.3 Å². The van der Waals surface area contributed by atoms with E-state index in [4.69, 9.17) is 9.47 Å². The third-order valence-electron chi connectivity index (χ3n) is 2.47. The number of benzene rings is 1. The molecule has 0 amide bonds. The van der Waals surface area contributed by atoms with E-state index in [0.29, 0.717) is 5.88 Å². The first kappa shape index (κ1) is 19.0. The average molecular weight is 289 g/mol. The molecular weight excluding hydrogens is 262 g/mol. The molecule has 2 aromatic rings. The Morgan fingerprint density at radius 3 is 2.14 bits per heavy atom. The van der Waals surface area contributed by atoms with Crippen molar-refractivity contribution in [3.63, 3.8) is 0 Å². The lowest BCUT2D eigenvalue weighted by molar-refractivity contribution is 0.407. The van der Waals surface area contributed by atoms with Crippen molar-refractivity contribution >= 4 is 0 Å². The normalized spacial score (nSPS) is 8.67. The van der Waals surface area contributed by atoms with Crippen LogP contribution in [-0.2, 0) is 6.42 Å². The minimum Gasteiger partial charge on any atom is -0.497 e. The molecule has 0 saturated carbocycles. The van der Waals surface area contributed by atoms with E-state index >= 15 is 0 Å². The van der Waals surface area contributed by atoms with Crippen molar-refractivity contribution in [1.82, 2.24) is 4.98 Å². The van der Waals surface area contributed by atoms with E-state index in [1.165, 1.54) is 5.56 Å². The van der Waals surface area contributed by atoms with Crippen LogP contribution in [0.25, 0.3) is 0 Å². The molecule has 3 nitrogen and oxygen atoms in total. The maximum atomic E-state index is 5.63. The van der Waals surface area contributed by atoms with Gasteiger partial charge < -0.3 is 9.47 Å². The third kappa shape index (κ3) is 6.80. The van der Waals surface area contributed by atoms with Crippen LogP contribution >= 0.6 is 0 Å². The second-order valence-corrected chi connectivity index (χ2v) is 3.64. The largest absolute Gasteiger partial charge is 0.497 e. The van der Waals surface area contributed by atoms with Gasteiger partial charge in [-0.15, -0.1) is 0 Å². The molecule has 1 heterocycles. The molecule has 21 heavy (non-hydrogen) atoms. The molecule has 0 saturated heterocycles. The molecule has 3 heteroatoms. The molecule has 0 aliphatic carbocycles. The van der Waals surface area contributed by atoms with E-state index in [0.717, 1.165) is 17.9 Å². The summed E-state index contributed by atoms with van der Waals surface area (Å²) in [6, 6.07) is 11.4. The predicted octanol–water partition coefficient (Wildman–Crippen LogP) is 5.50. The third-order valence-corrected chi connectivity index (χ3v) is 2.47. The zero-order valence-corrected chi connectivity index (χ0v) is 14.0. The number of hydrogen-bond acceptors (Lipinski definition) is 3. The molecule has 0 atom stereocenters. The summed E-state index contributed by atoms with van der Waals surface area (Å²) < 4.78 is 10.8. The molecule has 0 spiro atoms. The van der Waals surface area contributed by atoms with Gasteiger partial charge in [0.05, 0.1) is 7.11 Å². The number of hydrogen-bond donors (Lipinski definition) is 0. The Balaban J connectivity index is 0.000000921. The van der Waals surface area contributed by atoms with Crippen molar-refractivity contribution in [1.29, 1.82) is 0 Å². The van der Waals surface area contributed by atoms with Gasteiger partial charge in [0.15, 0.2) is 0 Å². The summed E-state index contributed by atoms with van der Waals surface area (Å²) in [5, 5.41) is 0. The van der Waals surface area contributed by atoms with Gasteiger partial charge in [-0.1, -0.05) is 46.8 Å². The van der Waals surface area contributed by atoms with Gasteiger partial charge in [-0.2, -0.15) is 0 Å². The summed E-state index contributed by atoms with van der Waals surface area (Å²) in [4.78, 5) is 4.24. The fraction of sp³-hybridized carbons (Fsp3) is 0.389. The van der Waals surface area contributed by atoms with Crippen LogP contribution in [-0.4, -0.2) is 12.1 Å². The lowest BCUT2D eigenvalue weighted by Crippen LogP contribution is -1.90. The van der Waals surface area contributed by atoms with Crippen molar-refractivity contribution in [2.24, 2.45) is 0 Å². The smallest absolute Gasteiger partial charge is 0.219 e. The maximum absolute atomic E-state index is 5.63. The predicted molar refractivity (Wildman–Crippen MR) is 89.4 cm³/mol. The first-order valence-corrected chi connectivity index (χ1v) is 7.58. The topological polar surface area (TPSA) is 31.4 Å². The Bertz CT molecular complexity index is 481. The molecule has 0 unspecified atom stereocenters. The first-order valence-electron chi connectivity index (χ1n) is 7.58. The summed E-state index contributed by atoms with van der Waals surface area (Å²) in [6.07, 6.45) is 2.81. The number of aromatic nitrogens is 1. The van der Waals surface area contributed by atoms with Crippen LogP contribution in [0.15, 0.2) is 42.6 Å². The van der Waals surface area contributed by atoms with Gasteiger partial charge in [0.2, 0.25) is 5.88 Å². The van der Waals surface area contributed by atoms with Gasteiger partial charge in [-0.05, 0) is 24.1 Å². The number of pyridine rings is 1. The number of ether oxygens (including phenoxy) is 2. The number of nitrogens with zero attached hydrogens (tertiary/aromatic N) is 1. The lowest BCUT2D eigenvalue weighted by atomic mass is 10.2. The Morgan fingerprint density at radius 1 is 0.952 bits per heavy atom. The number of rotatable bonds is 4. The Labute approximate surface area is 129 Å². The highest BCUT2D eigenvalue weighted by molar-refractivity contribution is 5.35. The quantitative estimate of drug-likeness (QED) is 0.745. The van der Waals surface area contributed by atoms with Crippen LogP contribution in [0, 0.1) is 0 Å². The highest BCUT2D eigenvalue weighted by Gasteiger charge is 2.00. The summed E-state index contributed by atoms with van der Waals surface area (Å²) in [6.45, 7) is 10.1. The summed E-state index contributed by atoms with van der Waals surface area (Å²) >= 11 is 0. The van der Waals surface area contributed by atoms with E-state index in [1.54, 1.807) is 7.11 Å². The molecule has 0 aliphatic heterocycles. The van der Waals surface area contributed by atoms with Crippen molar-refractivity contribution in [3.8, 4) is 17.4 Å². The minimum absolute atomic E-state index is 0.593. The monoisotopic (exact) mass is 289 g/mol. The van der Waals surface area contributed by atoms with Crippen LogP contribution in [0.3, 0.4) is 0 Å². The van der Waals surface area contributed by atoms with Crippen molar-refractivity contribution in [3.05, 3.63) is 48.2 Å². The summed E-state index contributed by atoms with van der Waals surface area (Å²) in [7, 11) is 1.63. The SMILES string of the molecule is CC.CC.CCc1ccc(Oc2cccc(OC)c2)nc1. The first-order chi connectivity index (χ1) is 10.3. The van der Waals surface area contributed by atoms with Crippen LogP contribution < -0.4 is 9.47 Å². The van der Waals surface area contributed by atoms with E-state index in [2.05, 4.69) is 11.9 Å². The Kier molecular flexibility index (Phi) is 10.6. The van der Waals surface area contributed by atoms with Crippen molar-refractivity contribution < 1.29 is 9.47 Å². The molecule has 2 rings (SSSR count). The van der Waals surface area contributed by atoms with Crippen LogP contribution in [0.4, 0.5) is 0 Å². The maximum Gasteiger partial charge on any atom is 0.219 e. The average Bonchev–Trinajstić information content (AvgIpc) is 2.59. The molecule has 1 aromatic heterocycles. The van der Waals surface area contributed by atoms with Crippen molar-refractivity contribution in [2.75, 3.05) is 7.11 Å². The van der Waals surface area contributed by atoms with Gasteiger partial charge in [-0.25, -0.2) is 4.98 Å². The molecule has 0 aliphatic rings. The van der Waals surface area contributed by atoms with Gasteiger partial charge in [0.1, 0.15) is 11.5 Å².